The number of aliphatic hydroxyl groups is 1. The predicted octanol–water partition coefficient (Wildman–Crippen LogP) is 0.381. The Bertz CT molecular complexity index is 187. The molecule has 0 radical (unpaired) electrons. The lowest BCUT2D eigenvalue weighted by Gasteiger charge is -1.83. The van der Waals surface area contributed by atoms with Crippen molar-refractivity contribution in [3.05, 3.63) is 10.8 Å². The maximum Gasteiger partial charge on any atom is 0.139 e. The SMILES string of the molecule is Cc1nsc(CCO)n1. The minimum atomic E-state index is 0.161. The van der Waals surface area contributed by atoms with E-state index in [1.54, 1.807) is 0 Å². The number of rotatable bonds is 2. The molecule has 0 saturated carbocycles. The van der Waals surface area contributed by atoms with Gasteiger partial charge in [0.2, 0.25) is 0 Å². The number of aryl methyl sites for hydroxylation is 1. The summed E-state index contributed by atoms with van der Waals surface area (Å²) in [4.78, 5) is 4.05. The van der Waals surface area contributed by atoms with Crippen molar-refractivity contribution in [3.8, 4) is 0 Å². The normalized spacial score (nSPS) is 10.0. The molecule has 0 spiro atoms. The summed E-state index contributed by atoms with van der Waals surface area (Å²) in [6, 6.07) is 0. The van der Waals surface area contributed by atoms with Crippen LogP contribution in [-0.4, -0.2) is 21.1 Å². The third kappa shape index (κ3) is 1.73. The quantitative estimate of drug-likeness (QED) is 0.652. The first-order chi connectivity index (χ1) is 4.33. The molecule has 50 valence electrons. The lowest BCUT2D eigenvalue weighted by atomic mass is 10.5. The van der Waals surface area contributed by atoms with Crippen molar-refractivity contribution < 1.29 is 5.11 Å². The van der Waals surface area contributed by atoms with Crippen LogP contribution in [0.5, 0.6) is 0 Å². The van der Waals surface area contributed by atoms with Crippen LogP contribution in [0.1, 0.15) is 10.8 Å². The van der Waals surface area contributed by atoms with Crippen molar-refractivity contribution >= 4 is 11.5 Å². The van der Waals surface area contributed by atoms with E-state index >= 15 is 0 Å². The lowest BCUT2D eigenvalue weighted by molar-refractivity contribution is 0.299. The zero-order valence-electron chi connectivity index (χ0n) is 5.16. The molecule has 3 nitrogen and oxygen atoms in total. The molecule has 1 aromatic heterocycles. The summed E-state index contributed by atoms with van der Waals surface area (Å²) in [5.74, 6) is 0.795. The van der Waals surface area contributed by atoms with Gasteiger partial charge in [-0.25, -0.2) is 4.98 Å². The zero-order chi connectivity index (χ0) is 6.69. The highest BCUT2D eigenvalue weighted by molar-refractivity contribution is 7.05. The largest absolute Gasteiger partial charge is 0.396 e. The van der Waals surface area contributed by atoms with Crippen molar-refractivity contribution in [1.82, 2.24) is 9.36 Å². The van der Waals surface area contributed by atoms with E-state index in [0.29, 0.717) is 6.42 Å². The van der Waals surface area contributed by atoms with E-state index < -0.39 is 0 Å². The highest BCUT2D eigenvalue weighted by atomic mass is 32.1. The second kappa shape index (κ2) is 2.89. The van der Waals surface area contributed by atoms with E-state index in [1.165, 1.54) is 11.5 Å². The molecule has 4 heteroatoms. The first-order valence-corrected chi connectivity index (χ1v) is 3.50. The van der Waals surface area contributed by atoms with Gasteiger partial charge in [0.05, 0.1) is 0 Å². The van der Waals surface area contributed by atoms with Crippen molar-refractivity contribution in [2.75, 3.05) is 6.61 Å². The molecule has 0 aliphatic rings. The van der Waals surface area contributed by atoms with Crippen LogP contribution < -0.4 is 0 Å². The van der Waals surface area contributed by atoms with Gasteiger partial charge in [-0.15, -0.1) is 0 Å². The van der Waals surface area contributed by atoms with E-state index in [0.717, 1.165) is 10.8 Å². The molecule has 1 N–H and O–H groups in total. The fourth-order valence-electron chi connectivity index (χ4n) is 0.537. The van der Waals surface area contributed by atoms with Crippen LogP contribution in [0.25, 0.3) is 0 Å². The molecular weight excluding hydrogens is 136 g/mol. The van der Waals surface area contributed by atoms with E-state index in [9.17, 15) is 0 Å². The lowest BCUT2D eigenvalue weighted by Crippen LogP contribution is -1.88. The van der Waals surface area contributed by atoms with Crippen LogP contribution in [0, 0.1) is 6.92 Å². The van der Waals surface area contributed by atoms with Gasteiger partial charge in [-0.1, -0.05) is 0 Å². The third-order valence-corrected chi connectivity index (χ3v) is 1.76. The van der Waals surface area contributed by atoms with Gasteiger partial charge < -0.3 is 5.11 Å². The van der Waals surface area contributed by atoms with Crippen LogP contribution in [0.15, 0.2) is 0 Å². The van der Waals surface area contributed by atoms with E-state index in [1.807, 2.05) is 6.92 Å². The van der Waals surface area contributed by atoms with Gasteiger partial charge in [0.15, 0.2) is 0 Å². The van der Waals surface area contributed by atoms with Gasteiger partial charge in [-0.3, -0.25) is 0 Å². The summed E-state index contributed by atoms with van der Waals surface area (Å²) >= 11 is 1.35. The molecule has 0 bridgehead atoms. The summed E-state index contributed by atoms with van der Waals surface area (Å²) in [5, 5.41) is 9.38. The highest BCUT2D eigenvalue weighted by Crippen LogP contribution is 2.02. The molecular formula is C5H8N2OS. The Morgan fingerprint density at radius 3 is 2.89 bits per heavy atom. The molecule has 0 fully saturated rings. The van der Waals surface area contributed by atoms with Crippen LogP contribution in [0.4, 0.5) is 0 Å². The molecule has 1 heterocycles. The van der Waals surface area contributed by atoms with Gasteiger partial charge in [0.1, 0.15) is 10.8 Å². The summed E-state index contributed by atoms with van der Waals surface area (Å²) in [5.41, 5.74) is 0. The van der Waals surface area contributed by atoms with Crippen molar-refractivity contribution in [1.29, 1.82) is 0 Å². The van der Waals surface area contributed by atoms with E-state index in [2.05, 4.69) is 9.36 Å². The summed E-state index contributed by atoms with van der Waals surface area (Å²) in [6.07, 6.45) is 0.630. The van der Waals surface area contributed by atoms with Crippen molar-refractivity contribution in [2.45, 2.75) is 13.3 Å². The Labute approximate surface area is 57.5 Å². The maximum atomic E-state index is 8.47. The Balaban J connectivity index is 2.61. The van der Waals surface area contributed by atoms with Crippen LogP contribution in [-0.2, 0) is 6.42 Å². The van der Waals surface area contributed by atoms with E-state index in [4.69, 9.17) is 5.11 Å². The molecule has 0 aromatic carbocycles. The zero-order valence-corrected chi connectivity index (χ0v) is 5.98. The average molecular weight is 144 g/mol. The van der Waals surface area contributed by atoms with Gasteiger partial charge in [0, 0.05) is 13.0 Å². The molecule has 9 heavy (non-hydrogen) atoms. The summed E-state index contributed by atoms with van der Waals surface area (Å²) in [6.45, 7) is 2.01. The van der Waals surface area contributed by atoms with Gasteiger partial charge >= 0.3 is 0 Å². The third-order valence-electron chi connectivity index (χ3n) is 0.895. The van der Waals surface area contributed by atoms with Gasteiger partial charge in [-0.05, 0) is 18.5 Å². The molecule has 0 aliphatic carbocycles. The first kappa shape index (κ1) is 6.64. The average Bonchev–Trinajstić information content (AvgIpc) is 2.17. The first-order valence-electron chi connectivity index (χ1n) is 2.73. The fraction of sp³-hybridized carbons (Fsp3) is 0.600. The standard InChI is InChI=1S/C5H8N2OS/c1-4-6-5(2-3-8)9-7-4/h8H,2-3H2,1H3. The second-order valence-electron chi connectivity index (χ2n) is 1.71. The smallest absolute Gasteiger partial charge is 0.139 e. The van der Waals surface area contributed by atoms with Gasteiger partial charge in [0.25, 0.3) is 0 Å². The molecule has 0 atom stereocenters. The van der Waals surface area contributed by atoms with Crippen LogP contribution >= 0.6 is 11.5 Å². The molecule has 0 amide bonds. The molecule has 1 rings (SSSR count). The Morgan fingerprint density at radius 1 is 1.67 bits per heavy atom. The minimum Gasteiger partial charge on any atom is -0.396 e. The minimum absolute atomic E-state index is 0.161. The Morgan fingerprint density at radius 2 is 2.44 bits per heavy atom. The molecule has 0 unspecified atom stereocenters. The second-order valence-corrected chi connectivity index (χ2v) is 2.55. The fourth-order valence-corrected chi connectivity index (χ4v) is 1.17. The number of hydrogen-bond acceptors (Lipinski definition) is 4. The van der Waals surface area contributed by atoms with Crippen molar-refractivity contribution in [3.63, 3.8) is 0 Å². The molecule has 0 saturated heterocycles. The van der Waals surface area contributed by atoms with Crippen molar-refractivity contribution in [2.24, 2.45) is 0 Å². The number of hydrogen-bond donors (Lipinski definition) is 1. The topological polar surface area (TPSA) is 46.0 Å². The van der Waals surface area contributed by atoms with E-state index in [-0.39, 0.29) is 6.61 Å². The number of aromatic nitrogens is 2. The molecule has 0 aliphatic heterocycles. The van der Waals surface area contributed by atoms with Gasteiger partial charge in [-0.2, -0.15) is 4.37 Å². The summed E-state index contributed by atoms with van der Waals surface area (Å²) < 4.78 is 3.95. The number of nitrogens with zero attached hydrogens (tertiary/aromatic N) is 2. The monoisotopic (exact) mass is 144 g/mol. The summed E-state index contributed by atoms with van der Waals surface area (Å²) in [7, 11) is 0. The van der Waals surface area contributed by atoms with Crippen LogP contribution in [0.2, 0.25) is 0 Å². The van der Waals surface area contributed by atoms with Crippen LogP contribution in [0.3, 0.4) is 0 Å². The number of aliphatic hydroxyl groups excluding tert-OH is 1. The maximum absolute atomic E-state index is 8.47. The molecule has 1 aromatic rings. The Hall–Kier alpha value is -0.480. The highest BCUT2D eigenvalue weighted by Gasteiger charge is 1.96. The predicted molar refractivity (Wildman–Crippen MR) is 35.4 cm³/mol. The Kier molecular flexibility index (Phi) is 2.13.